The molecule has 2 aromatic rings. The van der Waals surface area contributed by atoms with Crippen molar-refractivity contribution in [2.45, 2.75) is 65.4 Å². The smallest absolute Gasteiger partial charge is 0.229 e. The van der Waals surface area contributed by atoms with Crippen LogP contribution < -0.4 is 20.1 Å². The summed E-state index contributed by atoms with van der Waals surface area (Å²) in [6.45, 7) is 7.04. The van der Waals surface area contributed by atoms with E-state index < -0.39 is 5.41 Å². The fourth-order valence-electron chi connectivity index (χ4n) is 4.64. The Morgan fingerprint density at radius 2 is 1.55 bits per heavy atom. The fourth-order valence-corrected chi connectivity index (χ4v) is 4.64. The molecule has 1 heterocycles. The van der Waals surface area contributed by atoms with E-state index in [2.05, 4.69) is 15.7 Å². The van der Waals surface area contributed by atoms with Gasteiger partial charge >= 0.3 is 0 Å². The van der Waals surface area contributed by atoms with E-state index >= 15 is 0 Å². The lowest BCUT2D eigenvalue weighted by atomic mass is 9.95. The van der Waals surface area contributed by atoms with Gasteiger partial charge in [0.25, 0.3) is 0 Å². The second-order valence-corrected chi connectivity index (χ2v) is 11.2. The molecule has 0 atom stereocenters. The van der Waals surface area contributed by atoms with Gasteiger partial charge in [0.1, 0.15) is 0 Å². The van der Waals surface area contributed by atoms with Crippen LogP contribution in [0.1, 0.15) is 64.9 Å². The lowest BCUT2D eigenvalue weighted by molar-refractivity contribution is -0.123. The molecule has 8 nitrogen and oxygen atoms in total. The summed E-state index contributed by atoms with van der Waals surface area (Å²) in [4.78, 5) is 25.0. The zero-order chi connectivity index (χ0) is 27.1. The number of carbonyl (C=O) groups excluding carboxylic acids is 2. The Morgan fingerprint density at radius 3 is 2.16 bits per heavy atom. The average molecular weight is 521 g/mol. The highest BCUT2D eigenvalue weighted by Gasteiger charge is 2.25. The average Bonchev–Trinajstić information content (AvgIpc) is 3.41. The van der Waals surface area contributed by atoms with Crippen LogP contribution >= 0.6 is 0 Å². The topological polar surface area (TPSA) is 92.3 Å². The SMILES string of the molecule is COc1ccc(/C=N/N2CCC(C(=O)Nc3ccc(NC(=O)C(C)(C)C)cc3)CC2)cc1OC1CCCC1. The first-order valence-electron chi connectivity index (χ1n) is 13.6. The molecule has 0 radical (unpaired) electrons. The third kappa shape index (κ3) is 7.49. The second-order valence-electron chi connectivity index (χ2n) is 11.2. The van der Waals surface area contributed by atoms with Crippen molar-refractivity contribution >= 4 is 29.4 Å². The molecule has 0 unspecified atom stereocenters. The van der Waals surface area contributed by atoms with Gasteiger partial charge in [0.2, 0.25) is 11.8 Å². The van der Waals surface area contributed by atoms with Crippen molar-refractivity contribution in [3.8, 4) is 11.5 Å². The number of amides is 2. The van der Waals surface area contributed by atoms with Crippen molar-refractivity contribution in [1.82, 2.24) is 5.01 Å². The molecule has 4 rings (SSSR count). The quantitative estimate of drug-likeness (QED) is 0.437. The standard InChI is InChI=1S/C30H40N4O4/c1-30(2,3)29(36)33-24-12-10-23(11-13-24)32-28(35)22-15-17-34(18-16-22)31-20-21-9-14-26(37-4)27(19-21)38-25-7-5-6-8-25/h9-14,19-20,22,25H,5-8,15-18H2,1-4H3,(H,32,35)(H,33,36)/b31-20+. The summed E-state index contributed by atoms with van der Waals surface area (Å²) in [6.07, 6.45) is 8.19. The van der Waals surface area contributed by atoms with E-state index in [9.17, 15) is 9.59 Å². The maximum absolute atomic E-state index is 12.8. The molecule has 0 spiro atoms. The summed E-state index contributed by atoms with van der Waals surface area (Å²) in [6, 6.07) is 13.1. The van der Waals surface area contributed by atoms with Gasteiger partial charge in [-0.3, -0.25) is 14.6 Å². The van der Waals surface area contributed by atoms with Gasteiger partial charge in [-0.15, -0.1) is 0 Å². The molecule has 1 saturated heterocycles. The summed E-state index contributed by atoms with van der Waals surface area (Å²) < 4.78 is 11.7. The van der Waals surface area contributed by atoms with Gasteiger partial charge in [-0.05, 0) is 86.6 Å². The second kappa shape index (κ2) is 12.3. The lowest BCUT2D eigenvalue weighted by Gasteiger charge is -2.29. The maximum Gasteiger partial charge on any atom is 0.229 e. The summed E-state index contributed by atoms with van der Waals surface area (Å²) in [5.74, 6) is 1.42. The van der Waals surface area contributed by atoms with E-state index in [0.717, 1.165) is 48.4 Å². The summed E-state index contributed by atoms with van der Waals surface area (Å²) in [5.41, 5.74) is 1.93. The minimum atomic E-state index is -0.465. The predicted molar refractivity (Wildman–Crippen MR) is 151 cm³/mol. The molecule has 1 aliphatic heterocycles. The number of nitrogens with zero attached hydrogens (tertiary/aromatic N) is 2. The van der Waals surface area contributed by atoms with Crippen LogP contribution in [0, 0.1) is 11.3 Å². The van der Waals surface area contributed by atoms with E-state index in [-0.39, 0.29) is 23.8 Å². The molecule has 2 aromatic carbocycles. The first-order chi connectivity index (χ1) is 18.2. The number of ether oxygens (including phenoxy) is 2. The monoisotopic (exact) mass is 520 g/mol. The molecule has 1 aliphatic carbocycles. The first-order valence-corrected chi connectivity index (χ1v) is 13.6. The molecule has 38 heavy (non-hydrogen) atoms. The van der Waals surface area contributed by atoms with Crippen molar-refractivity contribution in [1.29, 1.82) is 0 Å². The van der Waals surface area contributed by atoms with E-state index in [0.29, 0.717) is 18.8 Å². The third-order valence-corrected chi connectivity index (χ3v) is 7.09. The van der Waals surface area contributed by atoms with Crippen LogP contribution in [0.5, 0.6) is 11.5 Å². The normalized spacial score (nSPS) is 17.0. The summed E-state index contributed by atoms with van der Waals surface area (Å²) in [7, 11) is 1.66. The van der Waals surface area contributed by atoms with Gasteiger partial charge in [-0.25, -0.2) is 0 Å². The zero-order valence-electron chi connectivity index (χ0n) is 23.0. The number of anilines is 2. The van der Waals surface area contributed by atoms with E-state index in [1.165, 1.54) is 12.8 Å². The number of carbonyl (C=O) groups is 2. The van der Waals surface area contributed by atoms with Crippen molar-refractivity contribution < 1.29 is 19.1 Å². The van der Waals surface area contributed by atoms with Crippen molar-refractivity contribution in [3.05, 3.63) is 48.0 Å². The molecule has 2 fully saturated rings. The van der Waals surface area contributed by atoms with Gasteiger partial charge in [0.05, 0.1) is 19.4 Å². The molecule has 1 saturated carbocycles. The zero-order valence-corrected chi connectivity index (χ0v) is 23.0. The molecule has 2 N–H and O–H groups in total. The van der Waals surface area contributed by atoms with Crippen molar-refractivity contribution in [2.24, 2.45) is 16.4 Å². The van der Waals surface area contributed by atoms with Gasteiger partial charge in [-0.2, -0.15) is 5.10 Å². The fraction of sp³-hybridized carbons (Fsp3) is 0.500. The van der Waals surface area contributed by atoms with Crippen LogP contribution in [0.25, 0.3) is 0 Å². The number of hydrazone groups is 1. The molecular weight excluding hydrogens is 480 g/mol. The highest BCUT2D eigenvalue weighted by molar-refractivity contribution is 5.95. The van der Waals surface area contributed by atoms with E-state index in [1.54, 1.807) is 19.2 Å². The van der Waals surface area contributed by atoms with Crippen LogP contribution in [0.2, 0.25) is 0 Å². The number of rotatable bonds is 8. The Bertz CT molecular complexity index is 1130. The number of hydrogen-bond donors (Lipinski definition) is 2. The number of benzene rings is 2. The maximum atomic E-state index is 12.8. The number of nitrogens with one attached hydrogen (secondary N) is 2. The van der Waals surface area contributed by atoms with E-state index in [4.69, 9.17) is 9.47 Å². The highest BCUT2D eigenvalue weighted by atomic mass is 16.5. The van der Waals surface area contributed by atoms with Gasteiger partial charge in [-0.1, -0.05) is 20.8 Å². The number of methoxy groups -OCH3 is 1. The predicted octanol–water partition coefficient (Wildman–Crippen LogP) is 5.69. The molecule has 0 aromatic heterocycles. The van der Waals surface area contributed by atoms with Crippen molar-refractivity contribution in [2.75, 3.05) is 30.8 Å². The summed E-state index contributed by atoms with van der Waals surface area (Å²) >= 11 is 0. The van der Waals surface area contributed by atoms with Gasteiger partial charge < -0.3 is 20.1 Å². The molecule has 204 valence electrons. The van der Waals surface area contributed by atoms with Gasteiger partial charge in [0.15, 0.2) is 11.5 Å². The summed E-state index contributed by atoms with van der Waals surface area (Å²) in [5, 5.41) is 12.6. The van der Waals surface area contributed by atoms with E-state index in [1.807, 2.05) is 62.3 Å². The molecule has 0 bridgehead atoms. The van der Waals surface area contributed by atoms with Gasteiger partial charge in [0, 0.05) is 35.8 Å². The van der Waals surface area contributed by atoms with Crippen LogP contribution in [-0.4, -0.2) is 49.3 Å². The first kappa shape index (κ1) is 27.5. The molecular formula is C30H40N4O4. The van der Waals surface area contributed by atoms with Crippen LogP contribution in [0.15, 0.2) is 47.6 Å². The molecule has 2 amide bonds. The Labute approximate surface area is 225 Å². The highest BCUT2D eigenvalue weighted by Crippen LogP contribution is 2.32. The lowest BCUT2D eigenvalue weighted by Crippen LogP contribution is -2.35. The number of piperidine rings is 1. The minimum Gasteiger partial charge on any atom is -0.493 e. The van der Waals surface area contributed by atoms with Crippen LogP contribution in [-0.2, 0) is 9.59 Å². The molecule has 8 heteroatoms. The Balaban J connectivity index is 1.25. The largest absolute Gasteiger partial charge is 0.493 e. The van der Waals surface area contributed by atoms with Crippen molar-refractivity contribution in [3.63, 3.8) is 0 Å². The minimum absolute atomic E-state index is 0.0176. The Morgan fingerprint density at radius 1 is 0.921 bits per heavy atom. The molecule has 2 aliphatic rings. The Kier molecular flexibility index (Phi) is 8.92. The van der Waals surface area contributed by atoms with Crippen LogP contribution in [0.4, 0.5) is 11.4 Å². The number of hydrogen-bond acceptors (Lipinski definition) is 6. The van der Waals surface area contributed by atoms with Crippen LogP contribution in [0.3, 0.4) is 0 Å². The third-order valence-electron chi connectivity index (χ3n) is 7.09. The Hall–Kier alpha value is -3.55.